The summed E-state index contributed by atoms with van der Waals surface area (Å²) in [4.78, 5) is 56.9. The fourth-order valence-corrected chi connectivity index (χ4v) is 2.11. The molecular weight excluding hydrogens is 370 g/mol. The molecule has 0 bridgehead atoms. The van der Waals surface area contributed by atoms with Gasteiger partial charge in [-0.25, -0.2) is 19.4 Å². The number of ether oxygens (including phenoxy) is 2. The molecule has 0 radical (unpaired) electrons. The third-order valence-corrected chi connectivity index (χ3v) is 3.40. The summed E-state index contributed by atoms with van der Waals surface area (Å²) >= 11 is 0. The number of nitrogens with one attached hydrogen (secondary N) is 1. The Bertz CT molecular complexity index is 1120. The molecular formula is C18H11N3O7. The Morgan fingerprint density at radius 2 is 1.82 bits per heavy atom. The molecule has 0 spiro atoms. The summed E-state index contributed by atoms with van der Waals surface area (Å²) in [6.07, 6.45) is 4.86. The molecule has 0 fully saturated rings. The summed E-state index contributed by atoms with van der Waals surface area (Å²) in [6, 6.07) is 6.39. The van der Waals surface area contributed by atoms with Crippen LogP contribution >= 0.6 is 0 Å². The van der Waals surface area contributed by atoms with Gasteiger partial charge < -0.3 is 19.6 Å². The van der Waals surface area contributed by atoms with Crippen LogP contribution < -0.4 is 15.0 Å². The Hall–Kier alpha value is -4.34. The Morgan fingerprint density at radius 1 is 1.00 bits per heavy atom. The number of carboxylic acid groups (broad SMARTS) is 1. The van der Waals surface area contributed by atoms with E-state index in [4.69, 9.17) is 14.6 Å². The van der Waals surface area contributed by atoms with Gasteiger partial charge in [0.2, 0.25) is 0 Å². The van der Waals surface area contributed by atoms with Gasteiger partial charge in [-0.1, -0.05) is 0 Å². The highest BCUT2D eigenvalue weighted by molar-refractivity contribution is 5.95. The third kappa shape index (κ3) is 4.07. The molecule has 0 aromatic carbocycles. The van der Waals surface area contributed by atoms with Crippen molar-refractivity contribution >= 4 is 17.9 Å². The number of carbonyl (C=O) groups is 3. The van der Waals surface area contributed by atoms with E-state index in [0.717, 1.165) is 12.3 Å². The highest BCUT2D eigenvalue weighted by atomic mass is 16.5. The topological polar surface area (TPSA) is 149 Å². The van der Waals surface area contributed by atoms with Gasteiger partial charge >= 0.3 is 17.9 Å². The van der Waals surface area contributed by atoms with Crippen LogP contribution in [0.4, 0.5) is 0 Å². The van der Waals surface area contributed by atoms with Crippen LogP contribution in [0.1, 0.15) is 31.2 Å². The van der Waals surface area contributed by atoms with E-state index in [1.165, 1.54) is 42.9 Å². The fourth-order valence-electron chi connectivity index (χ4n) is 2.11. The van der Waals surface area contributed by atoms with Crippen molar-refractivity contribution in [3.05, 3.63) is 82.3 Å². The van der Waals surface area contributed by atoms with Crippen molar-refractivity contribution in [2.45, 2.75) is 0 Å². The van der Waals surface area contributed by atoms with Crippen LogP contribution in [-0.2, 0) is 0 Å². The molecule has 0 aliphatic carbocycles. The number of rotatable bonds is 5. The van der Waals surface area contributed by atoms with E-state index < -0.39 is 23.5 Å². The Balaban J connectivity index is 1.79. The maximum atomic E-state index is 12.3. The number of carboxylic acids is 1. The number of aromatic amines is 1. The normalized spacial score (nSPS) is 10.1. The van der Waals surface area contributed by atoms with Crippen molar-refractivity contribution in [1.29, 1.82) is 0 Å². The van der Waals surface area contributed by atoms with Gasteiger partial charge in [0, 0.05) is 36.9 Å². The van der Waals surface area contributed by atoms with E-state index in [9.17, 15) is 19.2 Å². The average molecular weight is 381 g/mol. The maximum absolute atomic E-state index is 12.3. The van der Waals surface area contributed by atoms with Gasteiger partial charge in [0.1, 0.15) is 22.6 Å². The zero-order valence-electron chi connectivity index (χ0n) is 14.0. The molecule has 28 heavy (non-hydrogen) atoms. The molecule has 0 aliphatic rings. The molecule has 0 aliphatic heterocycles. The first-order valence-corrected chi connectivity index (χ1v) is 7.71. The summed E-state index contributed by atoms with van der Waals surface area (Å²) in [6.45, 7) is 0. The number of pyridine rings is 3. The second-order valence-corrected chi connectivity index (χ2v) is 5.25. The molecule has 140 valence electrons. The first-order valence-electron chi connectivity index (χ1n) is 7.71. The molecule has 0 saturated heterocycles. The fraction of sp³-hybridized carbons (Fsp3) is 0. The standard InChI is InChI=1S/C18H11N3O7/c22-15-11(2-1-5-21-15)17(25)27-10-3-7-20-13(8-10)18(26)28-14-4-6-19-9-12(14)16(23)24/h1-9H,(H,21,22)(H,23,24). The van der Waals surface area contributed by atoms with E-state index in [1.54, 1.807) is 0 Å². The van der Waals surface area contributed by atoms with E-state index >= 15 is 0 Å². The van der Waals surface area contributed by atoms with Crippen LogP contribution in [-0.4, -0.2) is 38.0 Å². The van der Waals surface area contributed by atoms with Crippen molar-refractivity contribution in [3.63, 3.8) is 0 Å². The Morgan fingerprint density at radius 3 is 2.57 bits per heavy atom. The van der Waals surface area contributed by atoms with Crippen molar-refractivity contribution in [1.82, 2.24) is 15.0 Å². The van der Waals surface area contributed by atoms with Crippen LogP contribution in [0.2, 0.25) is 0 Å². The number of nitrogens with zero attached hydrogens (tertiary/aromatic N) is 2. The van der Waals surface area contributed by atoms with Crippen LogP contribution in [0, 0.1) is 0 Å². The molecule has 3 rings (SSSR count). The maximum Gasteiger partial charge on any atom is 0.362 e. The predicted octanol–water partition coefficient (Wildman–Crippen LogP) is 1.30. The Kier molecular flexibility index (Phi) is 5.21. The molecule has 10 heteroatoms. The lowest BCUT2D eigenvalue weighted by Crippen LogP contribution is -2.21. The van der Waals surface area contributed by atoms with Crippen molar-refractivity contribution < 1.29 is 29.0 Å². The lowest BCUT2D eigenvalue weighted by atomic mass is 10.2. The summed E-state index contributed by atoms with van der Waals surface area (Å²) in [5, 5.41) is 9.09. The van der Waals surface area contributed by atoms with Gasteiger partial charge in [-0.05, 0) is 18.2 Å². The zero-order valence-corrected chi connectivity index (χ0v) is 14.0. The summed E-state index contributed by atoms with van der Waals surface area (Å²) in [5.74, 6) is -3.48. The minimum atomic E-state index is -1.32. The van der Waals surface area contributed by atoms with Gasteiger partial charge in [-0.3, -0.25) is 9.78 Å². The van der Waals surface area contributed by atoms with Gasteiger partial charge in [-0.15, -0.1) is 0 Å². The van der Waals surface area contributed by atoms with Gasteiger partial charge in [-0.2, -0.15) is 0 Å². The second kappa shape index (κ2) is 7.91. The molecule has 0 amide bonds. The largest absolute Gasteiger partial charge is 0.477 e. The number of esters is 2. The Labute approximate surface area is 156 Å². The van der Waals surface area contributed by atoms with E-state index in [2.05, 4.69) is 15.0 Å². The average Bonchev–Trinajstić information content (AvgIpc) is 2.68. The number of carbonyl (C=O) groups excluding carboxylic acids is 2. The van der Waals surface area contributed by atoms with E-state index in [0.29, 0.717) is 0 Å². The van der Waals surface area contributed by atoms with Crippen molar-refractivity contribution in [2.75, 3.05) is 0 Å². The molecule has 2 N–H and O–H groups in total. The number of H-pyrrole nitrogens is 1. The minimum absolute atomic E-state index is 0.0524. The second-order valence-electron chi connectivity index (χ2n) is 5.25. The number of hydrogen-bond acceptors (Lipinski definition) is 8. The third-order valence-electron chi connectivity index (χ3n) is 3.40. The van der Waals surface area contributed by atoms with Crippen molar-refractivity contribution in [3.8, 4) is 11.5 Å². The molecule has 0 saturated carbocycles. The molecule has 3 aromatic rings. The van der Waals surface area contributed by atoms with E-state index in [-0.39, 0.29) is 28.3 Å². The molecule has 3 aromatic heterocycles. The van der Waals surface area contributed by atoms with Crippen LogP contribution in [0.5, 0.6) is 11.5 Å². The highest BCUT2D eigenvalue weighted by Crippen LogP contribution is 2.19. The summed E-state index contributed by atoms with van der Waals surface area (Å²) in [5.41, 5.74) is -1.38. The smallest absolute Gasteiger partial charge is 0.362 e. The SMILES string of the molecule is O=C(Oc1ccncc1C(=O)O)c1cc(OC(=O)c2ccc[nH]c2=O)ccn1. The molecule has 10 nitrogen and oxygen atoms in total. The predicted molar refractivity (Wildman–Crippen MR) is 92.4 cm³/mol. The number of hydrogen-bond donors (Lipinski definition) is 2. The number of aromatic nitrogens is 3. The molecule has 0 atom stereocenters. The molecule has 3 heterocycles. The monoisotopic (exact) mass is 381 g/mol. The summed E-state index contributed by atoms with van der Waals surface area (Å²) in [7, 11) is 0. The lowest BCUT2D eigenvalue weighted by Gasteiger charge is -2.08. The van der Waals surface area contributed by atoms with Gasteiger partial charge in [0.25, 0.3) is 5.56 Å². The highest BCUT2D eigenvalue weighted by Gasteiger charge is 2.18. The minimum Gasteiger partial charge on any atom is -0.477 e. The van der Waals surface area contributed by atoms with E-state index in [1.807, 2.05) is 0 Å². The van der Waals surface area contributed by atoms with Crippen LogP contribution in [0.3, 0.4) is 0 Å². The zero-order chi connectivity index (χ0) is 20.1. The van der Waals surface area contributed by atoms with Crippen LogP contribution in [0.25, 0.3) is 0 Å². The van der Waals surface area contributed by atoms with Crippen LogP contribution in [0.15, 0.2) is 59.9 Å². The quantitative estimate of drug-likeness (QED) is 0.624. The van der Waals surface area contributed by atoms with Crippen molar-refractivity contribution in [2.24, 2.45) is 0 Å². The molecule has 0 unspecified atom stereocenters. The number of aromatic carboxylic acids is 1. The van der Waals surface area contributed by atoms with Gasteiger partial charge in [0.15, 0.2) is 5.69 Å². The first-order chi connectivity index (χ1) is 13.5. The lowest BCUT2D eigenvalue weighted by molar-refractivity contribution is 0.0672. The van der Waals surface area contributed by atoms with Gasteiger partial charge in [0.05, 0.1) is 0 Å². The first kappa shape index (κ1) is 18.5. The summed E-state index contributed by atoms with van der Waals surface area (Å²) < 4.78 is 10.1.